The first-order chi connectivity index (χ1) is 15.0. The summed E-state index contributed by atoms with van der Waals surface area (Å²) in [5.74, 6) is 1.60. The van der Waals surface area contributed by atoms with Crippen LogP contribution in [0.5, 0.6) is 11.5 Å². The van der Waals surface area contributed by atoms with Crippen molar-refractivity contribution in [3.8, 4) is 11.5 Å². The molecule has 162 valence electrons. The number of esters is 1. The normalized spacial score (nSPS) is 17.8. The minimum absolute atomic E-state index is 0.159. The lowest BCUT2D eigenvalue weighted by Gasteiger charge is -2.34. The molecule has 2 atom stereocenters. The van der Waals surface area contributed by atoms with Gasteiger partial charge in [0.25, 0.3) is 5.56 Å². The van der Waals surface area contributed by atoms with Crippen molar-refractivity contribution in [3.05, 3.63) is 63.7 Å². The third-order valence-electron chi connectivity index (χ3n) is 5.88. The molecule has 8 heteroatoms. The number of fused-ring (bicyclic) bond motifs is 2. The van der Waals surface area contributed by atoms with Crippen molar-refractivity contribution in [2.45, 2.75) is 25.4 Å². The van der Waals surface area contributed by atoms with Crippen LogP contribution in [-0.4, -0.2) is 43.8 Å². The Bertz CT molecular complexity index is 1170. The van der Waals surface area contributed by atoms with Crippen LogP contribution in [-0.2, 0) is 22.5 Å². The predicted molar refractivity (Wildman–Crippen MR) is 115 cm³/mol. The van der Waals surface area contributed by atoms with E-state index >= 15 is 0 Å². The second kappa shape index (κ2) is 8.77. The molecule has 1 aromatic heterocycles. The number of methoxy groups -OCH3 is 3. The monoisotopic (exact) mass is 424 g/mol. The zero-order chi connectivity index (χ0) is 22.0. The largest absolute Gasteiger partial charge is 0.493 e. The first-order valence-electron chi connectivity index (χ1n) is 10.2. The van der Waals surface area contributed by atoms with E-state index in [0.717, 1.165) is 29.0 Å². The van der Waals surface area contributed by atoms with E-state index in [1.807, 2.05) is 30.3 Å². The van der Waals surface area contributed by atoms with E-state index in [1.54, 1.807) is 20.3 Å². The van der Waals surface area contributed by atoms with Gasteiger partial charge in [-0.1, -0.05) is 12.1 Å². The SMILES string of the molecule is COC(=O)C[C@H]1c2cc(OC)c(OC)cc2CC[NH+]1Cc1nc2ccccc2c(=O)[nH]1. The molecule has 31 heavy (non-hydrogen) atoms. The quantitative estimate of drug-likeness (QED) is 0.577. The summed E-state index contributed by atoms with van der Waals surface area (Å²) in [6.45, 7) is 1.26. The summed E-state index contributed by atoms with van der Waals surface area (Å²) in [6, 6.07) is 11.0. The molecule has 0 bridgehead atoms. The van der Waals surface area contributed by atoms with E-state index in [1.165, 1.54) is 7.11 Å². The summed E-state index contributed by atoms with van der Waals surface area (Å²) in [6.07, 6.45) is 1.02. The molecule has 0 fully saturated rings. The number of ether oxygens (including phenoxy) is 3. The fourth-order valence-corrected chi connectivity index (χ4v) is 4.32. The van der Waals surface area contributed by atoms with Crippen LogP contribution in [0.3, 0.4) is 0 Å². The molecular formula is C23H26N3O5+. The maximum Gasteiger partial charge on any atom is 0.311 e. The van der Waals surface area contributed by atoms with Gasteiger partial charge in [-0.15, -0.1) is 0 Å². The average molecular weight is 424 g/mol. The Kier molecular flexibility index (Phi) is 5.90. The lowest BCUT2D eigenvalue weighted by molar-refractivity contribution is -0.947. The highest BCUT2D eigenvalue weighted by Crippen LogP contribution is 2.35. The van der Waals surface area contributed by atoms with Crippen LogP contribution in [0.25, 0.3) is 10.9 Å². The van der Waals surface area contributed by atoms with Gasteiger partial charge in [-0.05, 0) is 29.8 Å². The molecule has 1 aliphatic rings. The first kappa shape index (κ1) is 20.9. The molecule has 0 radical (unpaired) electrons. The van der Waals surface area contributed by atoms with Crippen molar-refractivity contribution >= 4 is 16.9 Å². The maximum atomic E-state index is 12.5. The van der Waals surface area contributed by atoms with Crippen molar-refractivity contribution in [1.82, 2.24) is 9.97 Å². The van der Waals surface area contributed by atoms with Gasteiger partial charge in [0.15, 0.2) is 17.3 Å². The number of hydrogen-bond donors (Lipinski definition) is 2. The maximum absolute atomic E-state index is 12.5. The van der Waals surface area contributed by atoms with Crippen LogP contribution in [0.4, 0.5) is 0 Å². The van der Waals surface area contributed by atoms with Gasteiger partial charge in [-0.3, -0.25) is 9.59 Å². The highest BCUT2D eigenvalue weighted by Gasteiger charge is 2.35. The second-order valence-corrected chi connectivity index (χ2v) is 7.60. The summed E-state index contributed by atoms with van der Waals surface area (Å²) in [4.78, 5) is 33.4. The Morgan fingerprint density at radius 3 is 2.65 bits per heavy atom. The van der Waals surface area contributed by atoms with Gasteiger partial charge in [-0.25, -0.2) is 4.98 Å². The standard InChI is InChI=1S/C23H25N3O5/c1-29-19-10-14-8-9-26(18(12-22(27)31-3)16(14)11-20(19)30-2)13-21-24-17-7-5-4-6-15(17)23(28)25-21/h4-7,10-11,18H,8-9,12-13H2,1-3H3,(H,24,25,28)/p+1/t18-/m0/s1. The van der Waals surface area contributed by atoms with Crippen LogP contribution >= 0.6 is 0 Å². The number of nitrogens with one attached hydrogen (secondary N) is 2. The fourth-order valence-electron chi connectivity index (χ4n) is 4.32. The number of aromatic amines is 1. The van der Waals surface area contributed by atoms with E-state index in [-0.39, 0.29) is 24.0 Å². The third kappa shape index (κ3) is 4.11. The summed E-state index contributed by atoms with van der Waals surface area (Å²) in [5, 5.41) is 0.563. The fraction of sp³-hybridized carbons (Fsp3) is 0.348. The lowest BCUT2D eigenvalue weighted by atomic mass is 9.90. The number of rotatable bonds is 6. The molecule has 3 aromatic rings. The van der Waals surface area contributed by atoms with Gasteiger partial charge in [-0.2, -0.15) is 0 Å². The molecule has 1 aliphatic heterocycles. The molecule has 2 aromatic carbocycles. The number of hydrogen-bond acceptors (Lipinski definition) is 6. The molecular weight excluding hydrogens is 398 g/mol. The minimum atomic E-state index is -0.287. The van der Waals surface area contributed by atoms with Crippen LogP contribution in [0.1, 0.15) is 29.4 Å². The van der Waals surface area contributed by atoms with Gasteiger partial charge in [0.05, 0.1) is 38.8 Å². The zero-order valence-corrected chi connectivity index (χ0v) is 17.9. The Morgan fingerprint density at radius 1 is 1.16 bits per heavy atom. The molecule has 1 unspecified atom stereocenters. The Balaban J connectivity index is 1.72. The number of para-hydroxylation sites is 1. The predicted octanol–water partition coefficient (Wildman–Crippen LogP) is 1.19. The number of carbonyl (C=O) groups is 1. The topological polar surface area (TPSA) is 94.9 Å². The van der Waals surface area contributed by atoms with Crippen LogP contribution in [0, 0.1) is 0 Å². The Labute approximate surface area is 179 Å². The lowest BCUT2D eigenvalue weighted by Crippen LogP contribution is -3.12. The van der Waals surface area contributed by atoms with Crippen molar-refractivity contribution in [2.75, 3.05) is 27.9 Å². The van der Waals surface area contributed by atoms with Gasteiger partial charge < -0.3 is 24.1 Å². The average Bonchev–Trinajstić information content (AvgIpc) is 2.79. The number of quaternary nitrogens is 1. The van der Waals surface area contributed by atoms with Crippen molar-refractivity contribution in [3.63, 3.8) is 0 Å². The summed E-state index contributed by atoms with van der Waals surface area (Å²) >= 11 is 0. The van der Waals surface area contributed by atoms with Gasteiger partial charge in [0.2, 0.25) is 0 Å². The zero-order valence-electron chi connectivity index (χ0n) is 17.9. The van der Waals surface area contributed by atoms with Gasteiger partial charge in [0.1, 0.15) is 19.0 Å². The van der Waals surface area contributed by atoms with E-state index in [9.17, 15) is 9.59 Å². The van der Waals surface area contributed by atoms with Crippen LogP contribution in [0.2, 0.25) is 0 Å². The molecule has 0 amide bonds. The Morgan fingerprint density at radius 2 is 1.90 bits per heavy atom. The molecule has 0 saturated carbocycles. The smallest absolute Gasteiger partial charge is 0.311 e. The van der Waals surface area contributed by atoms with Crippen molar-refractivity contribution < 1.29 is 23.9 Å². The second-order valence-electron chi connectivity index (χ2n) is 7.60. The molecule has 4 rings (SSSR count). The highest BCUT2D eigenvalue weighted by molar-refractivity contribution is 5.77. The molecule has 2 heterocycles. The minimum Gasteiger partial charge on any atom is -0.493 e. The van der Waals surface area contributed by atoms with E-state index in [4.69, 9.17) is 14.2 Å². The van der Waals surface area contributed by atoms with E-state index < -0.39 is 0 Å². The van der Waals surface area contributed by atoms with Crippen molar-refractivity contribution in [1.29, 1.82) is 0 Å². The van der Waals surface area contributed by atoms with Crippen molar-refractivity contribution in [2.24, 2.45) is 0 Å². The summed E-state index contributed by atoms with van der Waals surface area (Å²) in [7, 11) is 4.60. The van der Waals surface area contributed by atoms with Gasteiger partial charge >= 0.3 is 5.97 Å². The van der Waals surface area contributed by atoms with E-state index in [2.05, 4.69) is 9.97 Å². The highest BCUT2D eigenvalue weighted by atomic mass is 16.5. The summed E-state index contributed by atoms with van der Waals surface area (Å²) in [5.41, 5.74) is 2.64. The Hall–Kier alpha value is -3.39. The van der Waals surface area contributed by atoms with Crippen LogP contribution in [0.15, 0.2) is 41.2 Å². The number of carbonyl (C=O) groups excluding carboxylic acids is 1. The number of nitrogens with zero attached hydrogens (tertiary/aromatic N) is 1. The molecule has 0 aliphatic carbocycles. The first-order valence-corrected chi connectivity index (χ1v) is 10.2. The molecule has 0 saturated heterocycles. The van der Waals surface area contributed by atoms with E-state index in [0.29, 0.717) is 34.8 Å². The number of H-pyrrole nitrogens is 1. The number of aromatic nitrogens is 2. The molecule has 0 spiro atoms. The summed E-state index contributed by atoms with van der Waals surface area (Å²) < 4.78 is 15.9. The molecule has 2 N–H and O–H groups in total. The number of benzene rings is 2. The molecule has 8 nitrogen and oxygen atoms in total. The third-order valence-corrected chi connectivity index (χ3v) is 5.88. The van der Waals surface area contributed by atoms with Crippen LogP contribution < -0.4 is 19.9 Å². The van der Waals surface area contributed by atoms with Gasteiger partial charge in [0, 0.05) is 12.0 Å².